The number of thiophene rings is 1. The van der Waals surface area contributed by atoms with Crippen molar-refractivity contribution in [1.82, 2.24) is 5.32 Å². The Labute approximate surface area is 115 Å². The highest BCUT2D eigenvalue weighted by Gasteiger charge is 2.39. The Hall–Kier alpha value is -0.380. The van der Waals surface area contributed by atoms with Crippen molar-refractivity contribution in [3.8, 4) is 0 Å². The minimum Gasteiger partial charge on any atom is -0.378 e. The third-order valence-corrected chi connectivity index (χ3v) is 5.16. The van der Waals surface area contributed by atoms with Crippen LogP contribution in [0.1, 0.15) is 54.0 Å². The van der Waals surface area contributed by atoms with Gasteiger partial charge in [-0.05, 0) is 57.7 Å². The van der Waals surface area contributed by atoms with Gasteiger partial charge >= 0.3 is 0 Å². The minimum absolute atomic E-state index is 0.134. The minimum atomic E-state index is 0.134. The molecule has 0 saturated heterocycles. The number of hydrogen-bond donors (Lipinski definition) is 1. The Balaban J connectivity index is 2.15. The average molecular weight is 267 g/mol. The molecule has 2 nitrogen and oxygen atoms in total. The van der Waals surface area contributed by atoms with Crippen molar-refractivity contribution in [2.24, 2.45) is 0 Å². The van der Waals surface area contributed by atoms with Crippen LogP contribution in [0.25, 0.3) is 0 Å². The molecule has 1 atom stereocenters. The van der Waals surface area contributed by atoms with Gasteiger partial charge in [0, 0.05) is 22.9 Å². The van der Waals surface area contributed by atoms with E-state index < -0.39 is 0 Å². The Bertz CT molecular complexity index is 390. The van der Waals surface area contributed by atoms with Crippen molar-refractivity contribution < 1.29 is 4.74 Å². The van der Waals surface area contributed by atoms with E-state index in [0.29, 0.717) is 6.04 Å². The zero-order valence-corrected chi connectivity index (χ0v) is 12.8. The standard InChI is InChI=1S/C15H25NOS/c1-5-16-14(10-15(17-4)7-6-8-15)13-9-11(2)18-12(13)3/h9,14,16H,5-8,10H2,1-4H3. The summed E-state index contributed by atoms with van der Waals surface area (Å²) in [6.45, 7) is 7.62. The molecule has 1 heterocycles. The fourth-order valence-corrected chi connectivity index (χ4v) is 3.96. The second-order valence-corrected chi connectivity index (χ2v) is 6.88. The number of methoxy groups -OCH3 is 1. The van der Waals surface area contributed by atoms with Crippen LogP contribution in [0.5, 0.6) is 0 Å². The van der Waals surface area contributed by atoms with Gasteiger partial charge in [0.2, 0.25) is 0 Å². The van der Waals surface area contributed by atoms with E-state index in [1.54, 1.807) is 0 Å². The van der Waals surface area contributed by atoms with Crippen LogP contribution in [-0.4, -0.2) is 19.3 Å². The summed E-state index contributed by atoms with van der Waals surface area (Å²) in [5.41, 5.74) is 1.61. The van der Waals surface area contributed by atoms with Crippen LogP contribution in [0, 0.1) is 13.8 Å². The van der Waals surface area contributed by atoms with Crippen molar-refractivity contribution >= 4 is 11.3 Å². The highest BCUT2D eigenvalue weighted by molar-refractivity contribution is 7.12. The van der Waals surface area contributed by atoms with Crippen molar-refractivity contribution in [2.45, 2.75) is 58.1 Å². The lowest BCUT2D eigenvalue weighted by atomic mass is 9.74. The Morgan fingerprint density at radius 2 is 2.17 bits per heavy atom. The molecular weight excluding hydrogens is 242 g/mol. The predicted molar refractivity (Wildman–Crippen MR) is 78.4 cm³/mol. The zero-order valence-electron chi connectivity index (χ0n) is 12.0. The molecule has 3 heteroatoms. The smallest absolute Gasteiger partial charge is 0.0697 e. The van der Waals surface area contributed by atoms with Crippen LogP contribution in [0.4, 0.5) is 0 Å². The molecule has 1 aromatic rings. The van der Waals surface area contributed by atoms with Gasteiger partial charge in [-0.3, -0.25) is 0 Å². The highest BCUT2D eigenvalue weighted by Crippen LogP contribution is 2.43. The molecule has 0 aromatic carbocycles. The second-order valence-electron chi connectivity index (χ2n) is 5.42. The molecule has 1 fully saturated rings. The second kappa shape index (κ2) is 5.72. The summed E-state index contributed by atoms with van der Waals surface area (Å²) in [5.74, 6) is 0. The summed E-state index contributed by atoms with van der Waals surface area (Å²) >= 11 is 1.90. The van der Waals surface area contributed by atoms with Gasteiger partial charge < -0.3 is 10.1 Å². The molecule has 2 rings (SSSR count). The van der Waals surface area contributed by atoms with Crippen LogP contribution < -0.4 is 5.32 Å². The summed E-state index contributed by atoms with van der Waals surface area (Å²) in [6, 6.07) is 2.79. The summed E-state index contributed by atoms with van der Waals surface area (Å²) in [7, 11) is 1.87. The van der Waals surface area contributed by atoms with E-state index in [-0.39, 0.29) is 5.60 Å². The van der Waals surface area contributed by atoms with Gasteiger partial charge in [0.1, 0.15) is 0 Å². The Morgan fingerprint density at radius 1 is 1.44 bits per heavy atom. The highest BCUT2D eigenvalue weighted by atomic mass is 32.1. The van der Waals surface area contributed by atoms with Crippen molar-refractivity contribution in [3.05, 3.63) is 21.4 Å². The molecule has 1 saturated carbocycles. The monoisotopic (exact) mass is 267 g/mol. The normalized spacial score (nSPS) is 19.6. The molecule has 0 radical (unpaired) electrons. The Kier molecular flexibility index (Phi) is 4.46. The van der Waals surface area contributed by atoms with Gasteiger partial charge in [-0.15, -0.1) is 11.3 Å². The molecule has 1 N–H and O–H groups in total. The maximum Gasteiger partial charge on any atom is 0.0697 e. The van der Waals surface area contributed by atoms with Crippen LogP contribution in [0.15, 0.2) is 6.07 Å². The summed E-state index contributed by atoms with van der Waals surface area (Å²) in [6.07, 6.45) is 4.85. The van der Waals surface area contributed by atoms with Gasteiger partial charge in [-0.2, -0.15) is 0 Å². The molecule has 102 valence electrons. The summed E-state index contributed by atoms with van der Waals surface area (Å²) in [5, 5.41) is 3.64. The lowest BCUT2D eigenvalue weighted by molar-refractivity contribution is -0.0837. The third-order valence-electron chi connectivity index (χ3n) is 4.18. The van der Waals surface area contributed by atoms with Crippen molar-refractivity contribution in [2.75, 3.05) is 13.7 Å². The van der Waals surface area contributed by atoms with Crippen LogP contribution in [0.2, 0.25) is 0 Å². The molecule has 0 bridgehead atoms. The van der Waals surface area contributed by atoms with Crippen LogP contribution in [0.3, 0.4) is 0 Å². The van der Waals surface area contributed by atoms with E-state index >= 15 is 0 Å². The fourth-order valence-electron chi connectivity index (χ4n) is 2.97. The lowest BCUT2D eigenvalue weighted by Crippen LogP contribution is -2.42. The number of nitrogens with one attached hydrogen (secondary N) is 1. The predicted octanol–water partition coefficient (Wildman–Crippen LogP) is 3.97. The van der Waals surface area contributed by atoms with Gasteiger partial charge in [0.25, 0.3) is 0 Å². The molecule has 0 spiro atoms. The van der Waals surface area contributed by atoms with E-state index in [0.717, 1.165) is 13.0 Å². The van der Waals surface area contributed by atoms with Gasteiger partial charge in [0.05, 0.1) is 5.60 Å². The van der Waals surface area contributed by atoms with Gasteiger partial charge in [-0.1, -0.05) is 6.92 Å². The maximum absolute atomic E-state index is 5.78. The zero-order chi connectivity index (χ0) is 13.2. The molecule has 0 amide bonds. The Morgan fingerprint density at radius 3 is 2.56 bits per heavy atom. The topological polar surface area (TPSA) is 21.3 Å². The largest absolute Gasteiger partial charge is 0.378 e. The number of aryl methyl sites for hydroxylation is 2. The first-order valence-corrected chi connectivity index (χ1v) is 7.77. The van der Waals surface area contributed by atoms with Crippen molar-refractivity contribution in [1.29, 1.82) is 0 Å². The first-order chi connectivity index (χ1) is 8.60. The maximum atomic E-state index is 5.78. The van der Waals surface area contributed by atoms with E-state index in [9.17, 15) is 0 Å². The number of rotatable bonds is 6. The number of hydrogen-bond acceptors (Lipinski definition) is 3. The molecule has 1 unspecified atom stereocenters. The quantitative estimate of drug-likeness (QED) is 0.842. The van der Waals surface area contributed by atoms with Gasteiger partial charge in [0.15, 0.2) is 0 Å². The third kappa shape index (κ3) is 2.79. The molecule has 0 aliphatic heterocycles. The lowest BCUT2D eigenvalue weighted by Gasteiger charge is -2.43. The van der Waals surface area contributed by atoms with E-state index in [4.69, 9.17) is 4.74 Å². The SMILES string of the molecule is CCNC(CC1(OC)CCC1)c1cc(C)sc1C. The van der Waals surface area contributed by atoms with Crippen LogP contribution in [-0.2, 0) is 4.74 Å². The van der Waals surface area contributed by atoms with Crippen molar-refractivity contribution in [3.63, 3.8) is 0 Å². The van der Waals surface area contributed by atoms with Crippen LogP contribution >= 0.6 is 11.3 Å². The molecule has 1 aromatic heterocycles. The first-order valence-electron chi connectivity index (χ1n) is 6.95. The number of ether oxygens (including phenoxy) is 1. The molecule has 1 aliphatic carbocycles. The average Bonchev–Trinajstić information content (AvgIpc) is 2.61. The summed E-state index contributed by atoms with van der Waals surface area (Å²) < 4.78 is 5.78. The molecular formula is C15H25NOS. The summed E-state index contributed by atoms with van der Waals surface area (Å²) in [4.78, 5) is 2.86. The first kappa shape index (κ1) is 14.0. The van der Waals surface area contributed by atoms with E-state index in [1.807, 2.05) is 18.4 Å². The van der Waals surface area contributed by atoms with E-state index in [1.165, 1.54) is 34.6 Å². The fraction of sp³-hybridized carbons (Fsp3) is 0.733. The van der Waals surface area contributed by atoms with Gasteiger partial charge in [-0.25, -0.2) is 0 Å². The molecule has 18 heavy (non-hydrogen) atoms. The van der Waals surface area contributed by atoms with E-state index in [2.05, 4.69) is 32.2 Å². The molecule has 1 aliphatic rings.